The zero-order valence-electron chi connectivity index (χ0n) is 18.1. The molecule has 0 radical (unpaired) electrons. The Bertz CT molecular complexity index is 1250. The largest absolute Gasteiger partial charge is 0.482 e. The molecule has 0 bridgehead atoms. The highest BCUT2D eigenvalue weighted by atomic mass is 35.5. The first-order valence-corrected chi connectivity index (χ1v) is 11.0. The minimum Gasteiger partial charge on any atom is -0.482 e. The van der Waals surface area contributed by atoms with Crippen molar-refractivity contribution in [2.24, 2.45) is 0 Å². The van der Waals surface area contributed by atoms with Crippen molar-refractivity contribution < 1.29 is 18.7 Å². The number of carbonyl (C=O) groups is 1. The Kier molecular flexibility index (Phi) is 7.63. The summed E-state index contributed by atoms with van der Waals surface area (Å²) in [6, 6.07) is 28.5. The lowest BCUT2D eigenvalue weighted by Gasteiger charge is -2.12. The molecule has 4 rings (SSSR count). The fourth-order valence-electron chi connectivity index (χ4n) is 3.13. The first-order chi connectivity index (χ1) is 16.6. The van der Waals surface area contributed by atoms with Crippen LogP contribution >= 0.6 is 11.6 Å². The molecule has 7 heteroatoms. The second-order valence-electron chi connectivity index (χ2n) is 7.37. The van der Waals surface area contributed by atoms with Crippen LogP contribution in [-0.4, -0.2) is 12.5 Å². The summed E-state index contributed by atoms with van der Waals surface area (Å²) in [5.41, 5.74) is 1.97. The van der Waals surface area contributed by atoms with Crippen LogP contribution in [0.4, 0.5) is 15.8 Å². The molecule has 4 aromatic carbocycles. The van der Waals surface area contributed by atoms with Gasteiger partial charge in [0, 0.05) is 12.2 Å². The molecule has 0 aliphatic heterocycles. The van der Waals surface area contributed by atoms with E-state index in [0.29, 0.717) is 17.3 Å². The molecule has 0 aromatic heterocycles. The van der Waals surface area contributed by atoms with Gasteiger partial charge in [0.15, 0.2) is 6.61 Å². The van der Waals surface area contributed by atoms with Gasteiger partial charge in [-0.25, -0.2) is 4.39 Å². The number of hydrogen-bond donors (Lipinski definition) is 2. The molecule has 0 fully saturated rings. The number of carbonyl (C=O) groups excluding carboxylic acids is 1. The van der Waals surface area contributed by atoms with Crippen LogP contribution < -0.4 is 20.1 Å². The second-order valence-corrected chi connectivity index (χ2v) is 7.78. The lowest BCUT2D eigenvalue weighted by atomic mass is 10.2. The molecule has 1 amide bonds. The first kappa shape index (κ1) is 23.1. The van der Waals surface area contributed by atoms with Gasteiger partial charge in [0.1, 0.15) is 23.1 Å². The molecule has 0 unspecified atom stereocenters. The summed E-state index contributed by atoms with van der Waals surface area (Å²) < 4.78 is 24.9. The second kappa shape index (κ2) is 11.2. The van der Waals surface area contributed by atoms with E-state index in [1.165, 1.54) is 12.1 Å². The fourth-order valence-corrected chi connectivity index (χ4v) is 3.39. The summed E-state index contributed by atoms with van der Waals surface area (Å²) >= 11 is 6.32. The molecule has 0 saturated heterocycles. The standard InChI is InChI=1S/C27H22ClFN2O3/c28-23-16-19(10-15-26(23)33-18-27(32)31-25-9-5-4-8-24(25)29)17-30-20-11-13-22(14-12-20)34-21-6-2-1-3-7-21/h1-16,30H,17-18H2,(H,31,32). The Balaban J connectivity index is 1.26. The summed E-state index contributed by atoms with van der Waals surface area (Å²) in [6.07, 6.45) is 0. The van der Waals surface area contributed by atoms with Crippen molar-refractivity contribution in [1.29, 1.82) is 0 Å². The van der Waals surface area contributed by atoms with E-state index < -0.39 is 11.7 Å². The molecule has 0 saturated carbocycles. The third-order valence-corrected chi connectivity index (χ3v) is 5.13. The van der Waals surface area contributed by atoms with E-state index in [-0.39, 0.29) is 12.3 Å². The van der Waals surface area contributed by atoms with Crippen molar-refractivity contribution in [3.05, 3.63) is 113 Å². The third kappa shape index (κ3) is 6.49. The minimum atomic E-state index is -0.510. The minimum absolute atomic E-state index is 0.100. The average Bonchev–Trinajstić information content (AvgIpc) is 2.85. The van der Waals surface area contributed by atoms with Gasteiger partial charge in [-0.1, -0.05) is 48.0 Å². The maximum Gasteiger partial charge on any atom is 0.262 e. The van der Waals surface area contributed by atoms with E-state index in [4.69, 9.17) is 21.1 Å². The van der Waals surface area contributed by atoms with E-state index in [2.05, 4.69) is 10.6 Å². The maximum absolute atomic E-state index is 13.6. The highest BCUT2D eigenvalue weighted by molar-refractivity contribution is 6.32. The Morgan fingerprint density at radius 1 is 0.853 bits per heavy atom. The molecule has 2 N–H and O–H groups in total. The van der Waals surface area contributed by atoms with Gasteiger partial charge < -0.3 is 20.1 Å². The Labute approximate surface area is 202 Å². The first-order valence-electron chi connectivity index (χ1n) is 10.6. The molecule has 0 atom stereocenters. The van der Waals surface area contributed by atoms with Crippen LogP contribution in [0.25, 0.3) is 0 Å². The van der Waals surface area contributed by atoms with Crippen molar-refractivity contribution >= 4 is 28.9 Å². The van der Waals surface area contributed by atoms with Gasteiger partial charge in [0.25, 0.3) is 5.91 Å². The van der Waals surface area contributed by atoms with Crippen molar-refractivity contribution in [1.82, 2.24) is 0 Å². The van der Waals surface area contributed by atoms with E-state index in [0.717, 1.165) is 22.7 Å². The number of halogens is 2. The van der Waals surface area contributed by atoms with Gasteiger partial charge in [0.05, 0.1) is 10.7 Å². The van der Waals surface area contributed by atoms with Gasteiger partial charge in [0.2, 0.25) is 0 Å². The van der Waals surface area contributed by atoms with E-state index >= 15 is 0 Å². The normalized spacial score (nSPS) is 10.4. The van der Waals surface area contributed by atoms with Gasteiger partial charge in [-0.15, -0.1) is 0 Å². The third-order valence-electron chi connectivity index (χ3n) is 4.83. The zero-order valence-corrected chi connectivity index (χ0v) is 18.9. The van der Waals surface area contributed by atoms with Crippen LogP contribution in [0.15, 0.2) is 97.1 Å². The number of benzene rings is 4. The predicted molar refractivity (Wildman–Crippen MR) is 132 cm³/mol. The molecule has 172 valence electrons. The highest BCUT2D eigenvalue weighted by Gasteiger charge is 2.09. The molecule has 0 aliphatic carbocycles. The molecule has 0 heterocycles. The van der Waals surface area contributed by atoms with E-state index in [1.54, 1.807) is 24.3 Å². The predicted octanol–water partition coefficient (Wildman–Crippen LogP) is 6.90. The number of rotatable bonds is 9. The lowest BCUT2D eigenvalue weighted by molar-refractivity contribution is -0.118. The SMILES string of the molecule is O=C(COc1ccc(CNc2ccc(Oc3ccccc3)cc2)cc1Cl)Nc1ccccc1F. The van der Waals surface area contributed by atoms with Crippen LogP contribution in [0.2, 0.25) is 5.02 Å². The molecule has 5 nitrogen and oxygen atoms in total. The van der Waals surface area contributed by atoms with E-state index in [9.17, 15) is 9.18 Å². The van der Waals surface area contributed by atoms with Gasteiger partial charge in [-0.2, -0.15) is 0 Å². The Hall–Kier alpha value is -4.03. The van der Waals surface area contributed by atoms with Crippen LogP contribution in [0.3, 0.4) is 0 Å². The van der Waals surface area contributed by atoms with Crippen LogP contribution in [0.5, 0.6) is 17.2 Å². The summed E-state index contributed by atoms with van der Waals surface area (Å²) in [5.74, 6) is 0.914. The number of nitrogens with one attached hydrogen (secondary N) is 2. The zero-order chi connectivity index (χ0) is 23.8. The lowest BCUT2D eigenvalue weighted by Crippen LogP contribution is -2.20. The van der Waals surface area contributed by atoms with Crippen molar-refractivity contribution in [3.63, 3.8) is 0 Å². The van der Waals surface area contributed by atoms with Gasteiger partial charge in [-0.05, 0) is 66.2 Å². The monoisotopic (exact) mass is 476 g/mol. The molecule has 0 aliphatic rings. The summed E-state index contributed by atoms with van der Waals surface area (Å²) in [5, 5.41) is 6.17. The summed E-state index contributed by atoms with van der Waals surface area (Å²) in [4.78, 5) is 12.0. The smallest absolute Gasteiger partial charge is 0.262 e. The maximum atomic E-state index is 13.6. The quantitative estimate of drug-likeness (QED) is 0.276. The summed E-state index contributed by atoms with van der Waals surface area (Å²) in [7, 11) is 0. The molecule has 4 aromatic rings. The number of para-hydroxylation sites is 2. The number of hydrogen-bond acceptors (Lipinski definition) is 4. The molecule has 0 spiro atoms. The van der Waals surface area contributed by atoms with Gasteiger partial charge >= 0.3 is 0 Å². The Morgan fingerprint density at radius 3 is 2.29 bits per heavy atom. The number of anilines is 2. The van der Waals surface area contributed by atoms with Crippen molar-refractivity contribution in [2.45, 2.75) is 6.54 Å². The van der Waals surface area contributed by atoms with Crippen LogP contribution in [0.1, 0.15) is 5.56 Å². The average molecular weight is 477 g/mol. The number of ether oxygens (including phenoxy) is 2. The van der Waals surface area contributed by atoms with Crippen LogP contribution in [-0.2, 0) is 11.3 Å². The topological polar surface area (TPSA) is 59.6 Å². The number of amides is 1. The fraction of sp³-hybridized carbons (Fsp3) is 0.0741. The van der Waals surface area contributed by atoms with E-state index in [1.807, 2.05) is 60.7 Å². The van der Waals surface area contributed by atoms with Crippen molar-refractivity contribution in [2.75, 3.05) is 17.2 Å². The molecular weight excluding hydrogens is 455 g/mol. The van der Waals surface area contributed by atoms with Crippen molar-refractivity contribution in [3.8, 4) is 17.2 Å². The Morgan fingerprint density at radius 2 is 1.56 bits per heavy atom. The summed E-state index contributed by atoms with van der Waals surface area (Å²) in [6.45, 7) is 0.260. The highest BCUT2D eigenvalue weighted by Crippen LogP contribution is 2.27. The molecular formula is C27H22ClFN2O3. The van der Waals surface area contributed by atoms with Gasteiger partial charge in [-0.3, -0.25) is 4.79 Å². The van der Waals surface area contributed by atoms with Crippen LogP contribution in [0, 0.1) is 5.82 Å². The molecule has 34 heavy (non-hydrogen) atoms.